The van der Waals surface area contributed by atoms with Crippen molar-refractivity contribution < 1.29 is 0 Å². The van der Waals surface area contributed by atoms with Crippen molar-refractivity contribution in [3.8, 4) is 0 Å². The highest BCUT2D eigenvalue weighted by molar-refractivity contribution is 6.42. The lowest BCUT2D eigenvalue weighted by atomic mass is 10.3. The van der Waals surface area contributed by atoms with Crippen molar-refractivity contribution in [3.63, 3.8) is 0 Å². The van der Waals surface area contributed by atoms with Crippen molar-refractivity contribution in [1.29, 1.82) is 0 Å². The second kappa shape index (κ2) is 6.21. The highest BCUT2D eigenvalue weighted by atomic mass is 35.5. The van der Waals surface area contributed by atoms with Crippen LogP contribution in [0, 0.1) is 0 Å². The Morgan fingerprint density at radius 1 is 1.10 bits per heavy atom. The van der Waals surface area contributed by atoms with Crippen molar-refractivity contribution >= 4 is 45.8 Å². The second-order valence-electron chi connectivity index (χ2n) is 5.29. The van der Waals surface area contributed by atoms with E-state index in [1.165, 1.54) is 0 Å². The van der Waals surface area contributed by atoms with E-state index >= 15 is 0 Å². The van der Waals surface area contributed by atoms with Gasteiger partial charge in [-0.3, -0.25) is 0 Å². The highest BCUT2D eigenvalue weighted by Crippen LogP contribution is 2.29. The number of fused-ring (bicyclic) bond motifs is 1. The van der Waals surface area contributed by atoms with Crippen LogP contribution in [0.5, 0.6) is 0 Å². The number of benzene rings is 1. The van der Waals surface area contributed by atoms with Gasteiger partial charge in [0.25, 0.3) is 0 Å². The van der Waals surface area contributed by atoms with Gasteiger partial charge in [-0.2, -0.15) is 0 Å². The molecule has 0 atom stereocenters. The van der Waals surface area contributed by atoms with Crippen LogP contribution < -0.4 is 5.01 Å². The van der Waals surface area contributed by atoms with Crippen LogP contribution in [0.1, 0.15) is 5.82 Å². The molecule has 0 aliphatic carbocycles. The van der Waals surface area contributed by atoms with Crippen LogP contribution in [0.3, 0.4) is 0 Å². The summed E-state index contributed by atoms with van der Waals surface area (Å²) in [6, 6.07) is 3.71. The van der Waals surface area contributed by atoms with Crippen molar-refractivity contribution in [2.45, 2.75) is 6.42 Å². The first kappa shape index (κ1) is 15.2. The number of rotatable bonds is 3. The van der Waals surface area contributed by atoms with Gasteiger partial charge in [-0.05, 0) is 19.2 Å². The molecule has 0 radical (unpaired) electrons. The SMILES string of the molecule is CN1CCN(n2c(CCCl)nc3cc(Cl)c(Cl)cc32)CC1. The molecule has 2 heterocycles. The Balaban J connectivity index is 2.09. The van der Waals surface area contributed by atoms with E-state index in [1.54, 1.807) is 0 Å². The van der Waals surface area contributed by atoms with Gasteiger partial charge in [0, 0.05) is 38.5 Å². The molecule has 0 amide bonds. The lowest BCUT2D eigenvalue weighted by Gasteiger charge is -2.35. The molecule has 2 aromatic rings. The topological polar surface area (TPSA) is 24.3 Å². The van der Waals surface area contributed by atoms with Crippen molar-refractivity contribution in [1.82, 2.24) is 14.6 Å². The number of halogens is 3. The van der Waals surface area contributed by atoms with Crippen molar-refractivity contribution in [3.05, 3.63) is 28.0 Å². The highest BCUT2D eigenvalue weighted by Gasteiger charge is 2.20. The summed E-state index contributed by atoms with van der Waals surface area (Å²) >= 11 is 18.2. The Morgan fingerprint density at radius 3 is 2.43 bits per heavy atom. The normalized spacial score (nSPS) is 16.9. The minimum atomic E-state index is 0.532. The first-order valence-electron chi connectivity index (χ1n) is 6.96. The predicted molar refractivity (Wildman–Crippen MR) is 89.6 cm³/mol. The Bertz CT molecular complexity index is 647. The van der Waals surface area contributed by atoms with Crippen LogP contribution in [-0.4, -0.2) is 53.7 Å². The molecule has 4 nitrogen and oxygen atoms in total. The van der Waals surface area contributed by atoms with E-state index in [-0.39, 0.29) is 0 Å². The summed E-state index contributed by atoms with van der Waals surface area (Å²) in [7, 11) is 2.14. The average Bonchev–Trinajstić information content (AvgIpc) is 2.78. The van der Waals surface area contributed by atoms with Crippen molar-refractivity contribution in [2.75, 3.05) is 44.1 Å². The molecular weight excluding hydrogens is 331 g/mol. The number of alkyl halides is 1. The maximum Gasteiger partial charge on any atom is 0.130 e. The molecule has 114 valence electrons. The van der Waals surface area contributed by atoms with Crippen LogP contribution in [-0.2, 0) is 6.42 Å². The van der Waals surface area contributed by atoms with Crippen LogP contribution >= 0.6 is 34.8 Å². The summed E-state index contributed by atoms with van der Waals surface area (Å²) < 4.78 is 2.16. The van der Waals surface area contributed by atoms with Gasteiger partial charge in [0.2, 0.25) is 0 Å². The molecule has 1 aromatic heterocycles. The molecule has 0 N–H and O–H groups in total. The smallest absolute Gasteiger partial charge is 0.130 e. The van der Waals surface area contributed by atoms with Gasteiger partial charge in [-0.1, -0.05) is 23.2 Å². The molecule has 0 spiro atoms. The first-order chi connectivity index (χ1) is 10.1. The fourth-order valence-electron chi connectivity index (χ4n) is 2.67. The maximum absolute atomic E-state index is 6.18. The molecule has 7 heteroatoms. The number of piperazine rings is 1. The van der Waals surface area contributed by atoms with Gasteiger partial charge in [0.05, 0.1) is 21.1 Å². The lowest BCUT2D eigenvalue weighted by Crippen LogP contribution is -2.50. The number of likely N-dealkylation sites (N-methyl/N-ethyl adjacent to an activating group) is 1. The van der Waals surface area contributed by atoms with Gasteiger partial charge in [0.15, 0.2) is 0 Å². The number of aromatic nitrogens is 2. The Hall–Kier alpha value is -0.680. The third-order valence-electron chi connectivity index (χ3n) is 3.82. The zero-order valence-electron chi connectivity index (χ0n) is 11.8. The van der Waals surface area contributed by atoms with Crippen LogP contribution in [0.4, 0.5) is 0 Å². The third kappa shape index (κ3) is 2.95. The lowest BCUT2D eigenvalue weighted by molar-refractivity contribution is 0.287. The predicted octanol–water partition coefficient (Wildman–Crippen LogP) is 3.01. The van der Waals surface area contributed by atoms with Gasteiger partial charge in [-0.15, -0.1) is 11.6 Å². The Kier molecular flexibility index (Phi) is 4.50. The standard InChI is InChI=1S/C14H17Cl3N4/c1-19-4-6-20(7-5-19)21-13-9-11(17)10(16)8-12(13)18-14(21)2-3-15/h8-9H,2-7H2,1H3. The van der Waals surface area contributed by atoms with Gasteiger partial charge >= 0.3 is 0 Å². The Morgan fingerprint density at radius 2 is 1.76 bits per heavy atom. The van der Waals surface area contributed by atoms with Crippen LogP contribution in [0.15, 0.2) is 12.1 Å². The van der Waals surface area contributed by atoms with E-state index in [2.05, 4.69) is 26.6 Å². The molecule has 21 heavy (non-hydrogen) atoms. The van der Waals surface area contributed by atoms with Crippen molar-refractivity contribution in [2.24, 2.45) is 0 Å². The fraction of sp³-hybridized carbons (Fsp3) is 0.500. The van der Waals surface area contributed by atoms with Gasteiger partial charge in [0.1, 0.15) is 5.82 Å². The summed E-state index contributed by atoms with van der Waals surface area (Å²) in [5.74, 6) is 1.50. The fourth-order valence-corrected chi connectivity index (χ4v) is 3.15. The molecule has 1 fully saturated rings. The van der Waals surface area contributed by atoms with E-state index < -0.39 is 0 Å². The quantitative estimate of drug-likeness (QED) is 0.798. The monoisotopic (exact) mass is 346 g/mol. The third-order valence-corrected chi connectivity index (χ3v) is 4.73. The maximum atomic E-state index is 6.18. The van der Waals surface area contributed by atoms with Crippen LogP contribution in [0.2, 0.25) is 10.0 Å². The molecule has 1 aliphatic rings. The summed E-state index contributed by atoms with van der Waals surface area (Å²) in [5.41, 5.74) is 1.86. The minimum Gasteiger partial charge on any atom is -0.308 e. The zero-order valence-corrected chi connectivity index (χ0v) is 14.1. The molecule has 1 saturated heterocycles. The van der Waals surface area contributed by atoms with Gasteiger partial charge in [-0.25, -0.2) is 9.66 Å². The molecular formula is C14H17Cl3N4. The van der Waals surface area contributed by atoms with E-state index in [0.29, 0.717) is 15.9 Å². The number of aryl methyl sites for hydroxylation is 1. The summed E-state index contributed by atoms with van der Waals surface area (Å²) in [5, 5.41) is 3.39. The summed E-state index contributed by atoms with van der Waals surface area (Å²) in [6.45, 7) is 3.97. The largest absolute Gasteiger partial charge is 0.308 e. The van der Waals surface area contributed by atoms with E-state index in [9.17, 15) is 0 Å². The van der Waals surface area contributed by atoms with Gasteiger partial charge < -0.3 is 9.91 Å². The summed E-state index contributed by atoms with van der Waals surface area (Å²) in [4.78, 5) is 7.00. The van der Waals surface area contributed by atoms with Crippen LogP contribution in [0.25, 0.3) is 11.0 Å². The molecule has 1 aliphatic heterocycles. The zero-order chi connectivity index (χ0) is 15.0. The number of hydrogen-bond donors (Lipinski definition) is 0. The number of nitrogens with zero attached hydrogens (tertiary/aromatic N) is 4. The summed E-state index contributed by atoms with van der Waals surface area (Å²) in [6.07, 6.45) is 0.720. The molecule has 0 saturated carbocycles. The van der Waals surface area contributed by atoms with E-state index in [0.717, 1.165) is 49.5 Å². The second-order valence-corrected chi connectivity index (χ2v) is 6.48. The minimum absolute atomic E-state index is 0.532. The first-order valence-corrected chi connectivity index (χ1v) is 8.25. The average molecular weight is 348 g/mol. The molecule has 3 rings (SSSR count). The van der Waals surface area contributed by atoms with E-state index in [1.807, 2.05) is 12.1 Å². The molecule has 0 bridgehead atoms. The number of hydrogen-bond acceptors (Lipinski definition) is 3. The van der Waals surface area contributed by atoms with E-state index in [4.69, 9.17) is 34.8 Å². The molecule has 1 aromatic carbocycles. The Labute approximate surface area is 139 Å². The number of imidazole rings is 1. The molecule has 0 unspecified atom stereocenters.